The van der Waals surface area contributed by atoms with E-state index in [-0.39, 0.29) is 0 Å². The van der Waals surface area contributed by atoms with Crippen molar-refractivity contribution in [2.45, 2.75) is 19.4 Å². The standard InChI is InChI=1S/C16H22N4O/c1-12(9-13-7-5-6-8-14(13)21-4)20(3)16-10-15(17-2)18-11-19-16/h5-8,10-12H,9H2,1-4H3,(H,17,18,19). The summed E-state index contributed by atoms with van der Waals surface area (Å²) in [6.45, 7) is 2.17. The van der Waals surface area contributed by atoms with Gasteiger partial charge in [0.05, 0.1) is 7.11 Å². The molecule has 1 heterocycles. The largest absolute Gasteiger partial charge is 0.496 e. The van der Waals surface area contributed by atoms with Crippen LogP contribution in [0, 0.1) is 0 Å². The van der Waals surface area contributed by atoms with E-state index in [1.54, 1.807) is 13.4 Å². The Morgan fingerprint density at radius 1 is 1.29 bits per heavy atom. The van der Waals surface area contributed by atoms with E-state index in [4.69, 9.17) is 4.74 Å². The lowest BCUT2D eigenvalue weighted by molar-refractivity contribution is 0.408. The molecule has 1 N–H and O–H groups in total. The molecule has 5 heteroatoms. The maximum Gasteiger partial charge on any atom is 0.134 e. The second kappa shape index (κ2) is 6.92. The third-order valence-corrected chi connectivity index (χ3v) is 3.64. The SMILES string of the molecule is CNc1cc(N(C)C(C)Cc2ccccc2OC)ncn1. The molecule has 0 radical (unpaired) electrons. The van der Waals surface area contributed by atoms with Gasteiger partial charge in [-0.3, -0.25) is 0 Å². The van der Waals surface area contributed by atoms with Crippen molar-refractivity contribution in [3.05, 3.63) is 42.2 Å². The molecular formula is C16H22N4O. The van der Waals surface area contributed by atoms with Gasteiger partial charge in [0.1, 0.15) is 23.7 Å². The Morgan fingerprint density at radius 3 is 2.76 bits per heavy atom. The van der Waals surface area contributed by atoms with Crippen LogP contribution in [0.1, 0.15) is 12.5 Å². The van der Waals surface area contributed by atoms with Gasteiger partial charge in [-0.25, -0.2) is 9.97 Å². The Bertz CT molecular complexity index is 588. The maximum atomic E-state index is 5.41. The van der Waals surface area contributed by atoms with Crippen molar-refractivity contribution in [2.75, 3.05) is 31.4 Å². The number of para-hydroxylation sites is 1. The van der Waals surface area contributed by atoms with Crippen LogP contribution in [0.2, 0.25) is 0 Å². The Hall–Kier alpha value is -2.30. The average Bonchev–Trinajstić information content (AvgIpc) is 2.54. The maximum absolute atomic E-state index is 5.41. The van der Waals surface area contributed by atoms with Gasteiger partial charge in [-0.2, -0.15) is 0 Å². The van der Waals surface area contributed by atoms with E-state index in [9.17, 15) is 0 Å². The van der Waals surface area contributed by atoms with Crippen LogP contribution < -0.4 is 15.0 Å². The van der Waals surface area contributed by atoms with Gasteiger partial charge in [-0.15, -0.1) is 0 Å². The minimum absolute atomic E-state index is 0.293. The Morgan fingerprint density at radius 2 is 2.05 bits per heavy atom. The molecule has 1 atom stereocenters. The van der Waals surface area contributed by atoms with E-state index < -0.39 is 0 Å². The van der Waals surface area contributed by atoms with Gasteiger partial charge in [-0.05, 0) is 25.0 Å². The lowest BCUT2D eigenvalue weighted by Crippen LogP contribution is -2.31. The average molecular weight is 286 g/mol. The Kier molecular flexibility index (Phi) is 4.98. The molecule has 0 fully saturated rings. The lowest BCUT2D eigenvalue weighted by Gasteiger charge is -2.26. The predicted octanol–water partition coefficient (Wildman–Crippen LogP) is 2.59. The van der Waals surface area contributed by atoms with Crippen molar-refractivity contribution in [3.8, 4) is 5.75 Å². The van der Waals surface area contributed by atoms with Crippen LogP contribution in [-0.2, 0) is 6.42 Å². The number of nitrogens with one attached hydrogen (secondary N) is 1. The van der Waals surface area contributed by atoms with Gasteiger partial charge in [0.2, 0.25) is 0 Å². The minimum atomic E-state index is 0.293. The van der Waals surface area contributed by atoms with Crippen LogP contribution in [0.5, 0.6) is 5.75 Å². The van der Waals surface area contributed by atoms with Crippen molar-refractivity contribution in [3.63, 3.8) is 0 Å². The fraction of sp³-hybridized carbons (Fsp3) is 0.375. The van der Waals surface area contributed by atoms with Gasteiger partial charge >= 0.3 is 0 Å². The molecule has 21 heavy (non-hydrogen) atoms. The summed E-state index contributed by atoms with van der Waals surface area (Å²) in [6, 6.07) is 10.3. The van der Waals surface area contributed by atoms with Crippen LogP contribution in [0.25, 0.3) is 0 Å². The van der Waals surface area contributed by atoms with Crippen molar-refractivity contribution in [2.24, 2.45) is 0 Å². The first-order valence-corrected chi connectivity index (χ1v) is 7.00. The quantitative estimate of drug-likeness (QED) is 0.884. The van der Waals surface area contributed by atoms with Gasteiger partial charge in [0.15, 0.2) is 0 Å². The number of anilines is 2. The number of methoxy groups -OCH3 is 1. The highest BCUT2D eigenvalue weighted by Crippen LogP contribution is 2.22. The van der Waals surface area contributed by atoms with Crippen LogP contribution in [-0.4, -0.2) is 37.2 Å². The summed E-state index contributed by atoms with van der Waals surface area (Å²) in [4.78, 5) is 10.6. The van der Waals surface area contributed by atoms with Crippen LogP contribution in [0.4, 0.5) is 11.6 Å². The summed E-state index contributed by atoms with van der Waals surface area (Å²) in [6.07, 6.45) is 2.47. The Balaban J connectivity index is 2.13. The van der Waals surface area contributed by atoms with Gasteiger partial charge in [0, 0.05) is 26.2 Å². The van der Waals surface area contributed by atoms with E-state index in [2.05, 4.69) is 33.2 Å². The number of hydrogen-bond donors (Lipinski definition) is 1. The summed E-state index contributed by atoms with van der Waals surface area (Å²) < 4.78 is 5.41. The van der Waals surface area contributed by atoms with Gasteiger partial charge < -0.3 is 15.0 Å². The highest BCUT2D eigenvalue weighted by Gasteiger charge is 2.14. The molecule has 0 saturated carbocycles. The van der Waals surface area contributed by atoms with E-state index in [1.807, 2.05) is 38.4 Å². The molecule has 0 aliphatic rings. The molecule has 1 aromatic carbocycles. The van der Waals surface area contributed by atoms with Crippen LogP contribution >= 0.6 is 0 Å². The monoisotopic (exact) mass is 286 g/mol. The minimum Gasteiger partial charge on any atom is -0.496 e. The van der Waals surface area contributed by atoms with Crippen molar-refractivity contribution in [1.29, 1.82) is 0 Å². The van der Waals surface area contributed by atoms with E-state index in [1.165, 1.54) is 5.56 Å². The highest BCUT2D eigenvalue weighted by molar-refractivity contribution is 5.48. The topological polar surface area (TPSA) is 50.3 Å². The zero-order valence-electron chi connectivity index (χ0n) is 13.0. The number of benzene rings is 1. The third kappa shape index (κ3) is 3.62. The number of hydrogen-bond acceptors (Lipinski definition) is 5. The number of likely N-dealkylation sites (N-methyl/N-ethyl adjacent to an activating group) is 1. The molecular weight excluding hydrogens is 264 g/mol. The fourth-order valence-corrected chi connectivity index (χ4v) is 2.23. The zero-order valence-corrected chi connectivity index (χ0v) is 13.0. The number of ether oxygens (including phenoxy) is 1. The molecule has 1 aromatic heterocycles. The smallest absolute Gasteiger partial charge is 0.134 e. The summed E-state index contributed by atoms with van der Waals surface area (Å²) >= 11 is 0. The molecule has 0 aliphatic heterocycles. The first kappa shape index (κ1) is 15.1. The molecule has 1 unspecified atom stereocenters. The first-order chi connectivity index (χ1) is 10.2. The van der Waals surface area contributed by atoms with Crippen molar-refractivity contribution >= 4 is 11.6 Å². The summed E-state index contributed by atoms with van der Waals surface area (Å²) in [5, 5.41) is 3.03. The number of aromatic nitrogens is 2. The summed E-state index contributed by atoms with van der Waals surface area (Å²) in [7, 11) is 5.60. The van der Waals surface area contributed by atoms with Crippen molar-refractivity contribution in [1.82, 2.24) is 9.97 Å². The predicted molar refractivity (Wildman–Crippen MR) is 86.1 cm³/mol. The summed E-state index contributed by atoms with van der Waals surface area (Å²) in [5.41, 5.74) is 1.20. The van der Waals surface area contributed by atoms with Crippen LogP contribution in [0.3, 0.4) is 0 Å². The third-order valence-electron chi connectivity index (χ3n) is 3.64. The second-order valence-electron chi connectivity index (χ2n) is 4.99. The molecule has 0 aliphatic carbocycles. The molecule has 2 rings (SSSR count). The molecule has 2 aromatic rings. The molecule has 0 saturated heterocycles. The van der Waals surface area contributed by atoms with E-state index in [0.29, 0.717) is 6.04 Å². The second-order valence-corrected chi connectivity index (χ2v) is 4.99. The normalized spacial score (nSPS) is 11.8. The van der Waals surface area contributed by atoms with E-state index in [0.717, 1.165) is 23.8 Å². The number of nitrogens with zero attached hydrogens (tertiary/aromatic N) is 3. The van der Waals surface area contributed by atoms with Crippen LogP contribution in [0.15, 0.2) is 36.7 Å². The fourth-order valence-electron chi connectivity index (χ4n) is 2.23. The number of rotatable bonds is 6. The highest BCUT2D eigenvalue weighted by atomic mass is 16.5. The van der Waals surface area contributed by atoms with Crippen molar-refractivity contribution < 1.29 is 4.74 Å². The summed E-state index contributed by atoms with van der Waals surface area (Å²) in [5.74, 6) is 2.64. The molecule has 5 nitrogen and oxygen atoms in total. The first-order valence-electron chi connectivity index (χ1n) is 7.00. The molecule has 0 amide bonds. The zero-order chi connectivity index (χ0) is 15.2. The van der Waals surface area contributed by atoms with Gasteiger partial charge in [0.25, 0.3) is 0 Å². The molecule has 0 spiro atoms. The van der Waals surface area contributed by atoms with E-state index >= 15 is 0 Å². The Labute approximate surface area is 126 Å². The van der Waals surface area contributed by atoms with Gasteiger partial charge in [-0.1, -0.05) is 18.2 Å². The lowest BCUT2D eigenvalue weighted by atomic mass is 10.1. The molecule has 0 bridgehead atoms. The molecule has 112 valence electrons.